The molecule has 1 amide bonds. The third kappa shape index (κ3) is 4.35. The fraction of sp³-hybridized carbons (Fsp3) is 0.417. The van der Waals surface area contributed by atoms with Crippen LogP contribution in [0.3, 0.4) is 0 Å². The van der Waals surface area contributed by atoms with Crippen molar-refractivity contribution in [1.29, 1.82) is 0 Å². The minimum Gasteiger partial charge on any atom is -0.448 e. The molecule has 0 saturated carbocycles. The highest BCUT2D eigenvalue weighted by atomic mass is 16.6. The van der Waals surface area contributed by atoms with E-state index in [0.29, 0.717) is 25.8 Å². The van der Waals surface area contributed by atoms with Gasteiger partial charge in [0.15, 0.2) is 0 Å². The first-order valence-corrected chi connectivity index (χ1v) is 10.4. The number of β-amino-alcohol motifs (C(OH)–C–C–N with tert-alkyl or cyclic N) is 1. The molecule has 5 heteroatoms. The number of carbonyl (C=O) groups is 2. The predicted octanol–water partition coefficient (Wildman–Crippen LogP) is 4.13. The molecule has 5 nitrogen and oxygen atoms in total. The summed E-state index contributed by atoms with van der Waals surface area (Å²) in [5.41, 5.74) is 4.70. The van der Waals surface area contributed by atoms with Crippen molar-refractivity contribution in [3.05, 3.63) is 59.7 Å². The molecule has 4 rings (SSSR count). The van der Waals surface area contributed by atoms with Gasteiger partial charge in [0.05, 0.1) is 6.10 Å². The molecule has 2 aromatic rings. The van der Waals surface area contributed by atoms with Gasteiger partial charge < -0.3 is 14.7 Å². The van der Waals surface area contributed by atoms with Crippen molar-refractivity contribution in [2.75, 3.05) is 19.7 Å². The molecule has 0 radical (unpaired) electrons. The summed E-state index contributed by atoms with van der Waals surface area (Å²) >= 11 is 0. The van der Waals surface area contributed by atoms with Gasteiger partial charge in [-0.05, 0) is 35.1 Å². The summed E-state index contributed by atoms with van der Waals surface area (Å²) in [5.74, 6) is 0.163. The summed E-state index contributed by atoms with van der Waals surface area (Å²) in [4.78, 5) is 26.2. The first kappa shape index (κ1) is 19.6. The van der Waals surface area contributed by atoms with E-state index in [9.17, 15) is 14.7 Å². The molecule has 29 heavy (non-hydrogen) atoms. The molecule has 1 heterocycles. The summed E-state index contributed by atoms with van der Waals surface area (Å²) in [6.07, 6.45) is 2.00. The van der Waals surface area contributed by atoms with E-state index < -0.39 is 12.2 Å². The van der Waals surface area contributed by atoms with Gasteiger partial charge in [0.25, 0.3) is 0 Å². The lowest BCUT2D eigenvalue weighted by molar-refractivity contribution is -0.119. The van der Waals surface area contributed by atoms with Crippen molar-refractivity contribution >= 4 is 11.9 Å². The van der Waals surface area contributed by atoms with Gasteiger partial charge in [-0.15, -0.1) is 0 Å². The summed E-state index contributed by atoms with van der Waals surface area (Å²) in [7, 11) is 0. The Balaban J connectivity index is 1.46. The lowest BCUT2D eigenvalue weighted by Gasteiger charge is -2.26. The Kier molecular flexibility index (Phi) is 5.95. The molecule has 2 aliphatic rings. The third-order valence-electron chi connectivity index (χ3n) is 5.93. The summed E-state index contributed by atoms with van der Waals surface area (Å²) in [5, 5.41) is 10.2. The van der Waals surface area contributed by atoms with Crippen LogP contribution in [0.25, 0.3) is 11.1 Å². The standard InChI is InChI=1S/C24H27NO4/c26-17-7-1-2-8-18(27)15-25(14-13-17)24(28)29-16-23-21-11-5-3-9-19(21)20-10-4-6-12-22(20)23/h3-6,9-12,18,23,27H,1-2,7-8,13-16H2. The number of nitrogens with zero attached hydrogens (tertiary/aromatic N) is 1. The van der Waals surface area contributed by atoms with Crippen LogP contribution >= 0.6 is 0 Å². The number of carbonyl (C=O) groups excluding carboxylic acids is 2. The highest BCUT2D eigenvalue weighted by molar-refractivity contribution is 5.80. The average molecular weight is 393 g/mol. The van der Waals surface area contributed by atoms with Crippen molar-refractivity contribution in [2.45, 2.75) is 44.1 Å². The zero-order chi connectivity index (χ0) is 20.2. The molecule has 1 saturated heterocycles. The number of hydrogen-bond donors (Lipinski definition) is 1. The maximum absolute atomic E-state index is 12.8. The smallest absolute Gasteiger partial charge is 0.409 e. The maximum Gasteiger partial charge on any atom is 0.409 e. The minimum absolute atomic E-state index is 0.00126. The number of rotatable bonds is 2. The molecule has 1 aliphatic heterocycles. The predicted molar refractivity (Wildman–Crippen MR) is 111 cm³/mol. The highest BCUT2D eigenvalue weighted by Gasteiger charge is 2.30. The van der Waals surface area contributed by atoms with Crippen LogP contribution in [0.15, 0.2) is 48.5 Å². The highest BCUT2D eigenvalue weighted by Crippen LogP contribution is 2.44. The normalized spacial score (nSPS) is 20.1. The Hall–Kier alpha value is -2.66. The molecule has 0 spiro atoms. The van der Waals surface area contributed by atoms with E-state index in [-0.39, 0.29) is 24.9 Å². The number of aliphatic hydroxyl groups excluding tert-OH is 1. The van der Waals surface area contributed by atoms with Gasteiger partial charge in [-0.1, -0.05) is 55.0 Å². The number of ether oxygens (including phenoxy) is 1. The van der Waals surface area contributed by atoms with Crippen LogP contribution in [0.4, 0.5) is 4.79 Å². The molecule has 1 aliphatic carbocycles. The third-order valence-corrected chi connectivity index (χ3v) is 5.93. The van der Waals surface area contributed by atoms with E-state index in [0.717, 1.165) is 24.0 Å². The summed E-state index contributed by atoms with van der Waals surface area (Å²) in [6, 6.07) is 16.4. The first-order valence-electron chi connectivity index (χ1n) is 10.4. The van der Waals surface area contributed by atoms with Gasteiger partial charge in [-0.3, -0.25) is 4.79 Å². The Bertz CT molecular complexity index is 848. The van der Waals surface area contributed by atoms with Crippen molar-refractivity contribution in [2.24, 2.45) is 0 Å². The Morgan fingerprint density at radius 2 is 1.66 bits per heavy atom. The van der Waals surface area contributed by atoms with Crippen LogP contribution in [0, 0.1) is 0 Å². The van der Waals surface area contributed by atoms with E-state index in [1.54, 1.807) is 0 Å². The second kappa shape index (κ2) is 8.78. The van der Waals surface area contributed by atoms with Gasteiger partial charge in [-0.2, -0.15) is 0 Å². The van der Waals surface area contributed by atoms with Gasteiger partial charge in [-0.25, -0.2) is 4.79 Å². The quantitative estimate of drug-likeness (QED) is 0.833. The van der Waals surface area contributed by atoms with Gasteiger partial charge in [0.1, 0.15) is 12.4 Å². The van der Waals surface area contributed by atoms with Crippen LogP contribution in [0.2, 0.25) is 0 Å². The molecular formula is C24H27NO4. The number of Topliss-reactive ketones (excluding diaryl/α,β-unsaturated/α-hetero) is 1. The molecule has 1 fully saturated rings. The van der Waals surface area contributed by atoms with Crippen LogP contribution in [0.5, 0.6) is 0 Å². The van der Waals surface area contributed by atoms with E-state index in [1.807, 2.05) is 24.3 Å². The number of hydrogen-bond acceptors (Lipinski definition) is 4. The zero-order valence-electron chi connectivity index (χ0n) is 16.5. The molecule has 152 valence electrons. The average Bonchev–Trinajstić information content (AvgIpc) is 3.06. The maximum atomic E-state index is 12.8. The van der Waals surface area contributed by atoms with Crippen molar-refractivity contribution in [3.8, 4) is 11.1 Å². The van der Waals surface area contributed by atoms with Crippen molar-refractivity contribution in [3.63, 3.8) is 0 Å². The van der Waals surface area contributed by atoms with Crippen LogP contribution < -0.4 is 0 Å². The molecular weight excluding hydrogens is 366 g/mol. The van der Waals surface area contributed by atoms with Crippen molar-refractivity contribution < 1.29 is 19.4 Å². The zero-order valence-corrected chi connectivity index (χ0v) is 16.5. The van der Waals surface area contributed by atoms with Crippen LogP contribution in [0.1, 0.15) is 49.1 Å². The number of benzene rings is 2. The van der Waals surface area contributed by atoms with Crippen LogP contribution in [-0.2, 0) is 9.53 Å². The second-order valence-corrected chi connectivity index (χ2v) is 7.94. The topological polar surface area (TPSA) is 66.8 Å². The Morgan fingerprint density at radius 1 is 1.00 bits per heavy atom. The molecule has 1 unspecified atom stereocenters. The minimum atomic E-state index is -0.580. The Morgan fingerprint density at radius 3 is 2.34 bits per heavy atom. The van der Waals surface area contributed by atoms with E-state index in [1.165, 1.54) is 16.0 Å². The fourth-order valence-electron chi connectivity index (χ4n) is 4.37. The Labute approximate surface area is 171 Å². The second-order valence-electron chi connectivity index (χ2n) is 7.94. The fourth-order valence-corrected chi connectivity index (χ4v) is 4.37. The molecule has 2 aromatic carbocycles. The number of aliphatic hydroxyl groups is 1. The van der Waals surface area contributed by atoms with E-state index in [2.05, 4.69) is 24.3 Å². The first-order chi connectivity index (χ1) is 14.1. The van der Waals surface area contributed by atoms with Gasteiger partial charge >= 0.3 is 6.09 Å². The largest absolute Gasteiger partial charge is 0.448 e. The van der Waals surface area contributed by atoms with Crippen LogP contribution in [-0.4, -0.2) is 47.7 Å². The molecule has 1 N–H and O–H groups in total. The monoisotopic (exact) mass is 393 g/mol. The summed E-state index contributed by atoms with van der Waals surface area (Å²) < 4.78 is 5.70. The van der Waals surface area contributed by atoms with E-state index >= 15 is 0 Å². The van der Waals surface area contributed by atoms with Crippen molar-refractivity contribution in [1.82, 2.24) is 4.90 Å². The summed E-state index contributed by atoms with van der Waals surface area (Å²) in [6.45, 7) is 0.754. The molecule has 0 aromatic heterocycles. The van der Waals surface area contributed by atoms with Gasteiger partial charge in [0.2, 0.25) is 0 Å². The molecule has 0 bridgehead atoms. The molecule has 1 atom stereocenters. The van der Waals surface area contributed by atoms with E-state index in [4.69, 9.17) is 4.74 Å². The number of amides is 1. The van der Waals surface area contributed by atoms with Gasteiger partial charge in [0, 0.05) is 31.8 Å². The number of fused-ring (bicyclic) bond motifs is 3. The SMILES string of the molecule is O=C1CCCCC(O)CN(C(=O)OCC2c3ccccc3-c3ccccc32)CC1. The lowest BCUT2D eigenvalue weighted by Crippen LogP contribution is -2.40. The lowest BCUT2D eigenvalue weighted by atomic mass is 9.98. The number of ketones is 1.